The standard InChI is InChI=1S/C23H20N6O2/c1-24-22-20-12-25-21(27-23(30)14-3-4-14)10-19(20)15(11-26-22)5-6-16-9-17-7-8-18(31-2)13-29(17)28-16/h7-14H,3-4H2,1-2H3,(H,24,26)(H,25,27,30). The Bertz CT molecular complexity index is 1380. The Labute approximate surface area is 178 Å². The van der Waals surface area contributed by atoms with Crippen LogP contribution in [0.25, 0.3) is 16.3 Å². The number of methoxy groups -OCH3 is 1. The SMILES string of the molecule is CNc1ncc(C#Cc2cc3ccc(OC)cn3n2)c2cc(NC(=O)C3CC3)ncc12. The van der Waals surface area contributed by atoms with Gasteiger partial charge < -0.3 is 15.4 Å². The topological polar surface area (TPSA) is 93.4 Å². The fourth-order valence-electron chi connectivity index (χ4n) is 3.36. The third kappa shape index (κ3) is 3.73. The first kappa shape index (κ1) is 18.9. The van der Waals surface area contributed by atoms with Gasteiger partial charge in [0.1, 0.15) is 23.1 Å². The van der Waals surface area contributed by atoms with E-state index in [-0.39, 0.29) is 11.8 Å². The van der Waals surface area contributed by atoms with Crippen molar-refractivity contribution in [2.24, 2.45) is 5.92 Å². The van der Waals surface area contributed by atoms with Gasteiger partial charge in [-0.3, -0.25) is 4.79 Å². The number of carbonyl (C=O) groups is 1. The summed E-state index contributed by atoms with van der Waals surface area (Å²) in [6, 6.07) is 7.56. The fraction of sp³-hybridized carbons (Fsp3) is 0.217. The van der Waals surface area contributed by atoms with Gasteiger partial charge in [0.05, 0.1) is 24.4 Å². The van der Waals surface area contributed by atoms with Gasteiger partial charge in [-0.05, 0) is 43.0 Å². The van der Waals surface area contributed by atoms with E-state index in [4.69, 9.17) is 4.74 Å². The minimum absolute atomic E-state index is 0.0162. The molecule has 154 valence electrons. The quantitative estimate of drug-likeness (QED) is 0.501. The minimum Gasteiger partial charge on any atom is -0.495 e. The Hall–Kier alpha value is -4.12. The molecule has 1 fully saturated rings. The van der Waals surface area contributed by atoms with E-state index in [1.807, 2.05) is 24.3 Å². The van der Waals surface area contributed by atoms with Gasteiger partial charge in [-0.2, -0.15) is 5.10 Å². The number of aromatic nitrogens is 4. The average Bonchev–Trinajstić information content (AvgIpc) is 3.57. The lowest BCUT2D eigenvalue weighted by Crippen LogP contribution is -2.14. The van der Waals surface area contributed by atoms with E-state index in [1.165, 1.54) is 0 Å². The highest BCUT2D eigenvalue weighted by atomic mass is 16.5. The van der Waals surface area contributed by atoms with E-state index in [0.717, 1.165) is 40.4 Å². The number of nitrogens with zero attached hydrogens (tertiary/aromatic N) is 4. The van der Waals surface area contributed by atoms with Crippen molar-refractivity contribution in [3.63, 3.8) is 0 Å². The molecule has 4 aromatic heterocycles. The molecule has 1 amide bonds. The molecule has 0 saturated heterocycles. The van der Waals surface area contributed by atoms with Crippen LogP contribution in [0.3, 0.4) is 0 Å². The Morgan fingerprint density at radius 3 is 2.81 bits per heavy atom. The van der Waals surface area contributed by atoms with Crippen molar-refractivity contribution in [2.75, 3.05) is 24.8 Å². The molecule has 0 aliphatic heterocycles. The van der Waals surface area contributed by atoms with Crippen LogP contribution in [0, 0.1) is 17.8 Å². The number of fused-ring (bicyclic) bond motifs is 2. The zero-order valence-electron chi connectivity index (χ0n) is 17.1. The van der Waals surface area contributed by atoms with Crippen LogP contribution in [-0.4, -0.2) is 39.6 Å². The van der Waals surface area contributed by atoms with Crippen LogP contribution in [0.4, 0.5) is 11.6 Å². The molecule has 0 radical (unpaired) electrons. The predicted molar refractivity (Wildman–Crippen MR) is 118 cm³/mol. The maximum absolute atomic E-state index is 12.1. The van der Waals surface area contributed by atoms with Crippen LogP contribution in [-0.2, 0) is 4.79 Å². The lowest BCUT2D eigenvalue weighted by molar-refractivity contribution is -0.117. The van der Waals surface area contributed by atoms with E-state index in [1.54, 1.807) is 37.3 Å². The molecule has 0 unspecified atom stereocenters. The van der Waals surface area contributed by atoms with Crippen LogP contribution in [0.5, 0.6) is 5.75 Å². The number of anilines is 2. The molecule has 1 aliphatic carbocycles. The first-order chi connectivity index (χ1) is 15.1. The lowest BCUT2D eigenvalue weighted by atomic mass is 10.1. The number of nitrogens with one attached hydrogen (secondary N) is 2. The van der Waals surface area contributed by atoms with Crippen molar-refractivity contribution >= 4 is 33.8 Å². The fourth-order valence-corrected chi connectivity index (χ4v) is 3.36. The Kier molecular flexibility index (Phi) is 4.64. The second-order valence-corrected chi connectivity index (χ2v) is 7.37. The van der Waals surface area contributed by atoms with Crippen molar-refractivity contribution in [1.82, 2.24) is 19.6 Å². The summed E-state index contributed by atoms with van der Waals surface area (Å²) in [6.07, 6.45) is 7.11. The molecule has 8 heteroatoms. The van der Waals surface area contributed by atoms with E-state index in [2.05, 4.69) is 37.5 Å². The molecule has 5 rings (SSSR count). The molecule has 4 heterocycles. The van der Waals surface area contributed by atoms with E-state index in [9.17, 15) is 4.79 Å². The maximum Gasteiger partial charge on any atom is 0.228 e. The monoisotopic (exact) mass is 412 g/mol. The van der Waals surface area contributed by atoms with Crippen LogP contribution in [0.2, 0.25) is 0 Å². The molecule has 31 heavy (non-hydrogen) atoms. The average molecular weight is 412 g/mol. The largest absolute Gasteiger partial charge is 0.495 e. The molecular weight excluding hydrogens is 392 g/mol. The number of rotatable bonds is 4. The summed E-state index contributed by atoms with van der Waals surface area (Å²) in [5, 5.41) is 12.2. The van der Waals surface area contributed by atoms with Gasteiger partial charge in [-0.25, -0.2) is 14.5 Å². The highest BCUT2D eigenvalue weighted by Crippen LogP contribution is 2.31. The molecule has 0 bridgehead atoms. The van der Waals surface area contributed by atoms with Crippen molar-refractivity contribution < 1.29 is 9.53 Å². The summed E-state index contributed by atoms with van der Waals surface area (Å²) in [4.78, 5) is 21.0. The maximum atomic E-state index is 12.1. The zero-order valence-corrected chi connectivity index (χ0v) is 17.1. The number of amides is 1. The summed E-state index contributed by atoms with van der Waals surface area (Å²) in [5.74, 6) is 8.35. The number of hydrogen-bond donors (Lipinski definition) is 2. The first-order valence-electron chi connectivity index (χ1n) is 9.97. The van der Waals surface area contributed by atoms with E-state index in [0.29, 0.717) is 17.3 Å². The van der Waals surface area contributed by atoms with Gasteiger partial charge in [0.2, 0.25) is 5.91 Å². The van der Waals surface area contributed by atoms with Gasteiger partial charge in [0, 0.05) is 36.1 Å². The van der Waals surface area contributed by atoms with Gasteiger partial charge in [0.15, 0.2) is 0 Å². The minimum atomic E-state index is 0.0162. The summed E-state index contributed by atoms with van der Waals surface area (Å²) in [5.41, 5.74) is 2.29. The molecule has 1 saturated carbocycles. The van der Waals surface area contributed by atoms with Crippen LogP contribution < -0.4 is 15.4 Å². The highest BCUT2D eigenvalue weighted by molar-refractivity contribution is 5.99. The molecule has 0 spiro atoms. The number of carbonyl (C=O) groups excluding carboxylic acids is 1. The molecule has 8 nitrogen and oxygen atoms in total. The van der Waals surface area contributed by atoms with Crippen LogP contribution >= 0.6 is 0 Å². The summed E-state index contributed by atoms with van der Waals surface area (Å²) < 4.78 is 6.98. The Morgan fingerprint density at radius 1 is 1.16 bits per heavy atom. The molecule has 4 aromatic rings. The lowest BCUT2D eigenvalue weighted by Gasteiger charge is -2.09. The second kappa shape index (κ2) is 7.61. The van der Waals surface area contributed by atoms with Crippen LogP contribution in [0.15, 0.2) is 42.9 Å². The molecule has 0 atom stereocenters. The Balaban J connectivity index is 1.53. The predicted octanol–water partition coefficient (Wildman–Crippen LogP) is 3.08. The summed E-state index contributed by atoms with van der Waals surface area (Å²) in [6.45, 7) is 0. The van der Waals surface area contributed by atoms with Crippen LogP contribution in [0.1, 0.15) is 24.1 Å². The third-order valence-electron chi connectivity index (χ3n) is 5.20. The smallest absolute Gasteiger partial charge is 0.228 e. The number of hydrogen-bond acceptors (Lipinski definition) is 6. The summed E-state index contributed by atoms with van der Waals surface area (Å²) >= 11 is 0. The van der Waals surface area contributed by atoms with E-state index >= 15 is 0 Å². The molecular formula is C23H20N6O2. The molecule has 2 N–H and O–H groups in total. The van der Waals surface area contributed by atoms with Crippen molar-refractivity contribution in [2.45, 2.75) is 12.8 Å². The van der Waals surface area contributed by atoms with E-state index < -0.39 is 0 Å². The zero-order chi connectivity index (χ0) is 21.4. The molecule has 0 aromatic carbocycles. The van der Waals surface area contributed by atoms with Crippen molar-refractivity contribution in [3.05, 3.63) is 54.1 Å². The number of ether oxygens (including phenoxy) is 1. The second-order valence-electron chi connectivity index (χ2n) is 7.37. The molecule has 1 aliphatic rings. The Morgan fingerprint density at radius 2 is 2.03 bits per heavy atom. The van der Waals surface area contributed by atoms with Crippen molar-refractivity contribution in [3.8, 4) is 17.6 Å². The normalized spacial score (nSPS) is 13.0. The number of pyridine rings is 3. The van der Waals surface area contributed by atoms with Gasteiger partial charge in [-0.1, -0.05) is 5.92 Å². The van der Waals surface area contributed by atoms with Gasteiger partial charge in [-0.15, -0.1) is 0 Å². The third-order valence-corrected chi connectivity index (χ3v) is 5.20. The summed E-state index contributed by atoms with van der Waals surface area (Å²) in [7, 11) is 3.43. The first-order valence-corrected chi connectivity index (χ1v) is 9.97. The van der Waals surface area contributed by atoms with Gasteiger partial charge in [0.25, 0.3) is 0 Å². The highest BCUT2D eigenvalue weighted by Gasteiger charge is 2.29. The van der Waals surface area contributed by atoms with Crippen molar-refractivity contribution in [1.29, 1.82) is 0 Å². The van der Waals surface area contributed by atoms with Gasteiger partial charge >= 0.3 is 0 Å².